The van der Waals surface area contributed by atoms with Gasteiger partial charge in [0.05, 0.1) is 37.6 Å². The van der Waals surface area contributed by atoms with Crippen LogP contribution in [-0.4, -0.2) is 49.3 Å². The number of ether oxygens (including phenoxy) is 3. The molecule has 2 aromatic carbocycles. The number of amides is 2. The van der Waals surface area contributed by atoms with Crippen molar-refractivity contribution in [2.75, 3.05) is 32.7 Å². The molecule has 3 heterocycles. The summed E-state index contributed by atoms with van der Waals surface area (Å²) >= 11 is 3.06. The number of rotatable bonds is 6. The first-order valence-electron chi connectivity index (χ1n) is 11.5. The number of para-hydroxylation sites is 1. The van der Waals surface area contributed by atoms with Crippen molar-refractivity contribution in [2.24, 2.45) is 0 Å². The lowest BCUT2D eigenvalue weighted by molar-refractivity contribution is 0.102. The Labute approximate surface area is 216 Å². The molecule has 0 bridgehead atoms. The van der Waals surface area contributed by atoms with Gasteiger partial charge in [0.2, 0.25) is 0 Å². The average Bonchev–Trinajstić information content (AvgIpc) is 3.48. The molecular formula is C26H25N3O5S2. The topological polar surface area (TPSA) is 90.0 Å². The van der Waals surface area contributed by atoms with E-state index in [-0.39, 0.29) is 12.0 Å². The molecule has 0 saturated heterocycles. The third-order valence-corrected chi connectivity index (χ3v) is 8.12. The first kappa shape index (κ1) is 24.1. The zero-order valence-electron chi connectivity index (χ0n) is 20.1. The first-order chi connectivity index (χ1) is 17.5. The third-order valence-electron chi connectivity index (χ3n) is 5.93. The van der Waals surface area contributed by atoms with E-state index in [9.17, 15) is 9.59 Å². The molecule has 36 heavy (non-hydrogen) atoms. The van der Waals surface area contributed by atoms with E-state index in [1.165, 1.54) is 11.3 Å². The van der Waals surface area contributed by atoms with Gasteiger partial charge in [0.15, 0.2) is 0 Å². The van der Waals surface area contributed by atoms with E-state index in [0.717, 1.165) is 31.2 Å². The van der Waals surface area contributed by atoms with Gasteiger partial charge >= 0.3 is 6.09 Å². The molecule has 0 atom stereocenters. The smallest absolute Gasteiger partial charge is 0.410 e. The van der Waals surface area contributed by atoms with Gasteiger partial charge in [-0.2, -0.15) is 0 Å². The molecule has 0 fully saturated rings. The molecule has 0 saturated carbocycles. The second kappa shape index (κ2) is 10.2. The Balaban J connectivity index is 1.55. The van der Waals surface area contributed by atoms with Crippen LogP contribution in [0, 0.1) is 0 Å². The van der Waals surface area contributed by atoms with E-state index in [2.05, 4.69) is 5.32 Å². The fourth-order valence-electron chi connectivity index (χ4n) is 4.18. The molecule has 0 radical (unpaired) electrons. The van der Waals surface area contributed by atoms with Crippen LogP contribution >= 0.6 is 22.7 Å². The van der Waals surface area contributed by atoms with Crippen LogP contribution in [0.15, 0.2) is 42.5 Å². The quantitative estimate of drug-likeness (QED) is 0.343. The van der Waals surface area contributed by atoms with Crippen molar-refractivity contribution in [3.63, 3.8) is 0 Å². The Bertz CT molecular complexity index is 1390. The van der Waals surface area contributed by atoms with Gasteiger partial charge in [-0.1, -0.05) is 12.1 Å². The summed E-state index contributed by atoms with van der Waals surface area (Å²) in [4.78, 5) is 33.3. The van der Waals surface area contributed by atoms with Gasteiger partial charge in [-0.15, -0.1) is 22.7 Å². The number of carbonyl (C=O) groups is 2. The predicted octanol–water partition coefficient (Wildman–Crippen LogP) is 5.81. The van der Waals surface area contributed by atoms with E-state index in [0.29, 0.717) is 48.2 Å². The number of hydrogen-bond acceptors (Lipinski definition) is 8. The summed E-state index contributed by atoms with van der Waals surface area (Å²) in [5.74, 6) is 0.776. The summed E-state index contributed by atoms with van der Waals surface area (Å²) in [6.07, 6.45) is 0.325. The molecule has 5 rings (SSSR count). The molecule has 1 N–H and O–H groups in total. The molecule has 8 nitrogen and oxygen atoms in total. The lowest BCUT2D eigenvalue weighted by Gasteiger charge is -2.26. The van der Waals surface area contributed by atoms with Crippen LogP contribution in [0.3, 0.4) is 0 Å². The SMILES string of the molecule is CCOC(=O)N1CCc2c(sc(NC(=O)c3cc(OC)cc(OC)c3)c2-c2nc3ccccc3s2)C1. The minimum absolute atomic E-state index is 0.282. The molecule has 1 aliphatic rings. The van der Waals surface area contributed by atoms with E-state index in [1.807, 2.05) is 24.3 Å². The molecule has 0 unspecified atom stereocenters. The number of nitrogens with zero attached hydrogens (tertiary/aromatic N) is 2. The maximum absolute atomic E-state index is 13.4. The van der Waals surface area contributed by atoms with E-state index in [1.54, 1.807) is 55.6 Å². The fourth-order valence-corrected chi connectivity index (χ4v) is 6.55. The minimum Gasteiger partial charge on any atom is -0.497 e. The first-order valence-corrected chi connectivity index (χ1v) is 13.1. The number of thiazole rings is 1. The summed E-state index contributed by atoms with van der Waals surface area (Å²) in [7, 11) is 3.09. The average molecular weight is 524 g/mol. The Morgan fingerprint density at radius 2 is 1.83 bits per heavy atom. The van der Waals surface area contributed by atoms with Crippen molar-refractivity contribution in [1.82, 2.24) is 9.88 Å². The fraction of sp³-hybridized carbons (Fsp3) is 0.269. The second-order valence-electron chi connectivity index (χ2n) is 8.12. The van der Waals surface area contributed by atoms with Crippen molar-refractivity contribution >= 4 is 49.9 Å². The molecule has 4 aromatic rings. The molecule has 2 aromatic heterocycles. The lowest BCUT2D eigenvalue weighted by atomic mass is 10.0. The maximum Gasteiger partial charge on any atom is 0.410 e. The predicted molar refractivity (Wildman–Crippen MR) is 142 cm³/mol. The third kappa shape index (κ3) is 4.61. The molecule has 2 amide bonds. The van der Waals surface area contributed by atoms with Gasteiger partial charge in [0, 0.05) is 28.6 Å². The summed E-state index contributed by atoms with van der Waals surface area (Å²) in [5.41, 5.74) is 3.36. The molecule has 10 heteroatoms. The van der Waals surface area contributed by atoms with Crippen LogP contribution in [0.4, 0.5) is 9.80 Å². The number of fused-ring (bicyclic) bond motifs is 2. The van der Waals surface area contributed by atoms with Crippen LogP contribution in [0.2, 0.25) is 0 Å². The zero-order valence-corrected chi connectivity index (χ0v) is 21.8. The van der Waals surface area contributed by atoms with E-state index in [4.69, 9.17) is 19.2 Å². The van der Waals surface area contributed by atoms with Crippen molar-refractivity contribution in [3.8, 4) is 22.1 Å². The Morgan fingerprint density at radius 1 is 1.08 bits per heavy atom. The maximum atomic E-state index is 13.4. The normalized spacial score (nSPS) is 12.8. The Hall–Kier alpha value is -3.63. The van der Waals surface area contributed by atoms with Crippen molar-refractivity contribution in [3.05, 3.63) is 58.5 Å². The van der Waals surface area contributed by atoms with Gasteiger partial charge in [0.1, 0.15) is 21.5 Å². The van der Waals surface area contributed by atoms with Crippen LogP contribution in [-0.2, 0) is 17.7 Å². The Morgan fingerprint density at radius 3 is 2.53 bits per heavy atom. The summed E-state index contributed by atoms with van der Waals surface area (Å²) in [5, 5.41) is 4.65. The van der Waals surface area contributed by atoms with Gasteiger partial charge in [-0.25, -0.2) is 9.78 Å². The van der Waals surface area contributed by atoms with Crippen molar-refractivity contribution in [2.45, 2.75) is 19.9 Å². The van der Waals surface area contributed by atoms with Gasteiger partial charge in [-0.3, -0.25) is 4.79 Å². The molecule has 0 spiro atoms. The number of anilines is 1. The summed E-state index contributed by atoms with van der Waals surface area (Å²) < 4.78 is 16.9. The standard InChI is InChI=1S/C26H25N3O5S2/c1-4-34-26(31)29-10-9-18-21(14-29)36-25(22(18)24-27-19-7-5-6-8-20(19)35-24)28-23(30)15-11-16(32-2)13-17(12-15)33-3/h5-8,11-13H,4,9-10,14H2,1-3H3,(H,28,30). The monoisotopic (exact) mass is 523 g/mol. The number of nitrogens with one attached hydrogen (secondary N) is 1. The number of hydrogen-bond donors (Lipinski definition) is 1. The number of benzene rings is 2. The van der Waals surface area contributed by atoms with Gasteiger partial charge < -0.3 is 24.4 Å². The van der Waals surface area contributed by atoms with E-state index < -0.39 is 0 Å². The highest BCUT2D eigenvalue weighted by Gasteiger charge is 2.30. The molecule has 0 aliphatic carbocycles. The summed E-state index contributed by atoms with van der Waals surface area (Å²) in [6, 6.07) is 13.0. The van der Waals surface area contributed by atoms with Crippen LogP contribution < -0.4 is 14.8 Å². The lowest BCUT2D eigenvalue weighted by Crippen LogP contribution is -2.35. The highest BCUT2D eigenvalue weighted by molar-refractivity contribution is 7.23. The van der Waals surface area contributed by atoms with Crippen LogP contribution in [0.25, 0.3) is 20.8 Å². The highest BCUT2D eigenvalue weighted by atomic mass is 32.1. The van der Waals surface area contributed by atoms with Gasteiger partial charge in [-0.05, 0) is 43.2 Å². The van der Waals surface area contributed by atoms with Crippen LogP contribution in [0.5, 0.6) is 11.5 Å². The summed E-state index contributed by atoms with van der Waals surface area (Å²) in [6.45, 7) is 3.10. The molecule has 1 aliphatic heterocycles. The van der Waals surface area contributed by atoms with Gasteiger partial charge in [0.25, 0.3) is 5.91 Å². The number of thiophene rings is 1. The molecule has 186 valence electrons. The van der Waals surface area contributed by atoms with Crippen LogP contribution in [0.1, 0.15) is 27.7 Å². The number of aromatic nitrogens is 1. The van der Waals surface area contributed by atoms with Crippen molar-refractivity contribution in [1.29, 1.82) is 0 Å². The second-order valence-corrected chi connectivity index (χ2v) is 10.3. The number of carbonyl (C=O) groups excluding carboxylic acids is 2. The van der Waals surface area contributed by atoms with Crippen molar-refractivity contribution < 1.29 is 23.8 Å². The largest absolute Gasteiger partial charge is 0.497 e. The minimum atomic E-state index is -0.327. The van der Waals surface area contributed by atoms with E-state index >= 15 is 0 Å². The number of methoxy groups -OCH3 is 2. The molecular weight excluding hydrogens is 498 g/mol. The zero-order chi connectivity index (χ0) is 25.2. The Kier molecular flexibility index (Phi) is 6.80. The highest BCUT2D eigenvalue weighted by Crippen LogP contribution is 2.46.